The minimum atomic E-state index is 0.903. The average molecular weight is 348 g/mol. The molecule has 0 saturated heterocycles. The molecule has 1 radical (unpaired) electrons. The molecule has 0 spiro atoms. The van der Waals surface area contributed by atoms with Crippen molar-refractivity contribution in [1.29, 1.82) is 0 Å². The van der Waals surface area contributed by atoms with Gasteiger partial charge in [0, 0.05) is 27.7 Å². The highest BCUT2D eigenvalue weighted by Crippen LogP contribution is 2.35. The van der Waals surface area contributed by atoms with Crippen LogP contribution in [0.15, 0.2) is 77.2 Å². The maximum absolute atomic E-state index is 6.06. The van der Waals surface area contributed by atoms with Crippen LogP contribution in [0.4, 0.5) is 0 Å². The van der Waals surface area contributed by atoms with E-state index in [1.54, 1.807) is 0 Å². The van der Waals surface area contributed by atoms with Crippen LogP contribution in [0.3, 0.4) is 0 Å². The van der Waals surface area contributed by atoms with Crippen LogP contribution in [-0.4, -0.2) is 4.98 Å². The molecular weight excluding hydrogens is 330 g/mol. The van der Waals surface area contributed by atoms with Crippen LogP contribution in [0, 0.1) is 19.9 Å². The molecule has 0 saturated carbocycles. The summed E-state index contributed by atoms with van der Waals surface area (Å²) in [6.07, 6.45) is 0. The predicted molar refractivity (Wildman–Crippen MR) is 111 cm³/mol. The first kappa shape index (κ1) is 15.8. The summed E-state index contributed by atoms with van der Waals surface area (Å²) in [6.45, 7) is 4.08. The number of rotatable bonds is 2. The Balaban J connectivity index is 1.72. The number of furan rings is 1. The molecule has 3 aromatic carbocycles. The molecule has 0 aliphatic carbocycles. The molecule has 5 rings (SSSR count). The molecule has 27 heavy (non-hydrogen) atoms. The molecule has 2 aromatic heterocycles. The van der Waals surface area contributed by atoms with Gasteiger partial charge in [0.05, 0.1) is 0 Å². The maximum Gasteiger partial charge on any atom is 0.135 e. The average Bonchev–Trinajstić information content (AvgIpc) is 3.06. The summed E-state index contributed by atoms with van der Waals surface area (Å²) in [5.74, 6) is 0. The van der Waals surface area contributed by atoms with E-state index in [4.69, 9.17) is 4.42 Å². The molecule has 2 nitrogen and oxygen atoms in total. The fraction of sp³-hybridized carbons (Fsp3) is 0.0800. The summed E-state index contributed by atoms with van der Waals surface area (Å²) >= 11 is 0. The van der Waals surface area contributed by atoms with E-state index < -0.39 is 0 Å². The Morgan fingerprint density at radius 3 is 2.22 bits per heavy atom. The van der Waals surface area contributed by atoms with Crippen molar-refractivity contribution in [3.63, 3.8) is 0 Å². The van der Waals surface area contributed by atoms with Crippen LogP contribution in [0.5, 0.6) is 0 Å². The number of benzene rings is 3. The highest BCUT2D eigenvalue weighted by atomic mass is 16.3. The molecule has 0 fully saturated rings. The molecule has 0 atom stereocenters. The van der Waals surface area contributed by atoms with Crippen LogP contribution in [-0.2, 0) is 0 Å². The van der Waals surface area contributed by atoms with Gasteiger partial charge in [0.1, 0.15) is 11.2 Å². The van der Waals surface area contributed by atoms with Crippen molar-refractivity contribution in [1.82, 2.24) is 4.98 Å². The fourth-order valence-corrected chi connectivity index (χ4v) is 3.68. The van der Waals surface area contributed by atoms with E-state index in [1.165, 1.54) is 0 Å². The molecule has 0 aliphatic rings. The second-order valence-electron chi connectivity index (χ2n) is 6.89. The molecule has 0 N–H and O–H groups in total. The van der Waals surface area contributed by atoms with Gasteiger partial charge in [-0.1, -0.05) is 42.5 Å². The highest BCUT2D eigenvalue weighted by Gasteiger charge is 2.11. The van der Waals surface area contributed by atoms with Gasteiger partial charge < -0.3 is 4.42 Å². The van der Waals surface area contributed by atoms with Crippen LogP contribution in [0.2, 0.25) is 0 Å². The van der Waals surface area contributed by atoms with Crippen molar-refractivity contribution in [2.75, 3.05) is 0 Å². The van der Waals surface area contributed by atoms with E-state index in [0.717, 1.165) is 55.6 Å². The number of hydrogen-bond acceptors (Lipinski definition) is 2. The molecule has 0 aliphatic heterocycles. The lowest BCUT2D eigenvalue weighted by molar-refractivity contribution is 0.669. The third-order valence-electron chi connectivity index (χ3n) is 5.03. The Labute approximate surface area is 158 Å². The third-order valence-corrected chi connectivity index (χ3v) is 5.03. The Kier molecular flexibility index (Phi) is 3.58. The Morgan fingerprint density at radius 2 is 1.52 bits per heavy atom. The number of nitrogens with zero attached hydrogens (tertiary/aromatic N) is 1. The third kappa shape index (κ3) is 2.70. The lowest BCUT2D eigenvalue weighted by Gasteiger charge is -2.06. The van der Waals surface area contributed by atoms with E-state index >= 15 is 0 Å². The van der Waals surface area contributed by atoms with Gasteiger partial charge >= 0.3 is 0 Å². The topological polar surface area (TPSA) is 26.0 Å². The molecule has 2 heterocycles. The van der Waals surface area contributed by atoms with E-state index in [1.807, 2.05) is 31.2 Å². The largest absolute Gasteiger partial charge is 0.456 e. The zero-order chi connectivity index (χ0) is 18.4. The van der Waals surface area contributed by atoms with E-state index in [9.17, 15) is 0 Å². The van der Waals surface area contributed by atoms with Crippen LogP contribution < -0.4 is 0 Å². The van der Waals surface area contributed by atoms with Gasteiger partial charge in [0.25, 0.3) is 0 Å². The summed E-state index contributed by atoms with van der Waals surface area (Å²) in [4.78, 5) is 4.61. The normalized spacial score (nSPS) is 11.3. The lowest BCUT2D eigenvalue weighted by Crippen LogP contribution is -1.89. The summed E-state index contributed by atoms with van der Waals surface area (Å²) in [7, 11) is 0. The standard InChI is InChI=1S/C25H18NO/c1-16-8-11-21(17(2)26-16)20-10-13-25-23(15-20)22-14-19(9-12-24(22)27-25)18-6-4-3-5-7-18/h3-6,8-15H,1-2H3. The minimum Gasteiger partial charge on any atom is -0.456 e. The Morgan fingerprint density at radius 1 is 0.778 bits per heavy atom. The van der Waals surface area contributed by atoms with Gasteiger partial charge in [-0.3, -0.25) is 4.98 Å². The van der Waals surface area contributed by atoms with Crippen molar-refractivity contribution in [2.24, 2.45) is 0 Å². The van der Waals surface area contributed by atoms with Crippen molar-refractivity contribution >= 4 is 21.9 Å². The summed E-state index contributed by atoms with van der Waals surface area (Å²) < 4.78 is 6.06. The second kappa shape index (κ2) is 6.10. The zero-order valence-corrected chi connectivity index (χ0v) is 15.3. The van der Waals surface area contributed by atoms with Gasteiger partial charge in [-0.05, 0) is 66.9 Å². The quantitative estimate of drug-likeness (QED) is 0.353. The first-order chi connectivity index (χ1) is 13.2. The number of aromatic nitrogens is 1. The smallest absolute Gasteiger partial charge is 0.135 e. The second-order valence-corrected chi connectivity index (χ2v) is 6.89. The Hall–Kier alpha value is -3.39. The molecule has 0 bridgehead atoms. The SMILES string of the molecule is Cc1ccc(-c2ccc3oc4ccc(-c5[c]cccc5)cc4c3c2)c(C)n1. The summed E-state index contributed by atoms with van der Waals surface area (Å²) in [5.41, 5.74) is 8.43. The molecule has 129 valence electrons. The number of aryl methyl sites for hydroxylation is 2. The zero-order valence-electron chi connectivity index (χ0n) is 15.3. The first-order valence-electron chi connectivity index (χ1n) is 9.07. The van der Waals surface area contributed by atoms with Crippen molar-refractivity contribution in [3.8, 4) is 22.3 Å². The van der Waals surface area contributed by atoms with Crippen LogP contribution in [0.1, 0.15) is 11.4 Å². The fourth-order valence-electron chi connectivity index (χ4n) is 3.68. The van der Waals surface area contributed by atoms with Crippen LogP contribution in [0.25, 0.3) is 44.2 Å². The minimum absolute atomic E-state index is 0.903. The van der Waals surface area contributed by atoms with E-state index in [0.29, 0.717) is 0 Å². The van der Waals surface area contributed by atoms with Crippen molar-refractivity contribution in [2.45, 2.75) is 13.8 Å². The van der Waals surface area contributed by atoms with Gasteiger partial charge in [0.2, 0.25) is 0 Å². The first-order valence-corrected chi connectivity index (χ1v) is 9.07. The van der Waals surface area contributed by atoms with Crippen molar-refractivity contribution in [3.05, 3.63) is 90.3 Å². The monoisotopic (exact) mass is 348 g/mol. The van der Waals surface area contributed by atoms with Gasteiger partial charge in [0.15, 0.2) is 0 Å². The molecule has 5 aromatic rings. The van der Waals surface area contributed by atoms with Gasteiger partial charge in [-0.15, -0.1) is 0 Å². The van der Waals surface area contributed by atoms with E-state index in [2.05, 4.69) is 66.5 Å². The van der Waals surface area contributed by atoms with Gasteiger partial charge in [-0.2, -0.15) is 0 Å². The highest BCUT2D eigenvalue weighted by molar-refractivity contribution is 6.07. The number of hydrogen-bond donors (Lipinski definition) is 0. The summed E-state index contributed by atoms with van der Waals surface area (Å²) in [5, 5.41) is 2.25. The number of pyridine rings is 1. The van der Waals surface area contributed by atoms with Crippen molar-refractivity contribution < 1.29 is 4.42 Å². The summed E-state index contributed by atoms with van der Waals surface area (Å²) in [6, 6.07) is 28.2. The van der Waals surface area contributed by atoms with Crippen LogP contribution >= 0.6 is 0 Å². The Bertz CT molecular complexity index is 1280. The number of fused-ring (bicyclic) bond motifs is 3. The van der Waals surface area contributed by atoms with Gasteiger partial charge in [-0.25, -0.2) is 0 Å². The predicted octanol–water partition coefficient (Wildman–Crippen LogP) is 6.73. The van der Waals surface area contributed by atoms with E-state index in [-0.39, 0.29) is 0 Å². The maximum atomic E-state index is 6.06. The molecule has 0 amide bonds. The lowest BCUT2D eigenvalue weighted by atomic mass is 9.99. The molecule has 0 unspecified atom stereocenters. The molecular formula is C25H18NO. The molecule has 2 heteroatoms.